The number of amides is 2. The van der Waals surface area contributed by atoms with Gasteiger partial charge in [-0.05, 0) is 76.3 Å². The first-order valence-corrected chi connectivity index (χ1v) is 14.4. The van der Waals surface area contributed by atoms with Crippen molar-refractivity contribution in [2.24, 2.45) is 0 Å². The maximum absolute atomic E-state index is 13.4. The van der Waals surface area contributed by atoms with E-state index < -0.39 is 16.1 Å². The van der Waals surface area contributed by atoms with Crippen molar-refractivity contribution in [3.05, 3.63) is 64.7 Å². The Morgan fingerprint density at radius 1 is 0.944 bits per heavy atom. The largest absolute Gasteiger partial charge is 0.352 e. The third-order valence-electron chi connectivity index (χ3n) is 6.29. The Hall–Kier alpha value is -2.87. The number of aryl methyl sites for hydroxylation is 3. The van der Waals surface area contributed by atoms with Crippen LogP contribution >= 0.6 is 0 Å². The zero-order valence-electron chi connectivity index (χ0n) is 22.7. The lowest BCUT2D eigenvalue weighted by Gasteiger charge is -2.30. The Morgan fingerprint density at radius 3 is 2.06 bits per heavy atom. The van der Waals surface area contributed by atoms with Crippen LogP contribution in [-0.2, 0) is 26.2 Å². The minimum absolute atomic E-state index is 0.0115. The molecule has 0 saturated heterocycles. The molecule has 36 heavy (non-hydrogen) atoms. The van der Waals surface area contributed by atoms with Crippen LogP contribution in [-0.4, -0.2) is 50.0 Å². The fourth-order valence-corrected chi connectivity index (χ4v) is 4.99. The molecular weight excluding hydrogens is 474 g/mol. The minimum Gasteiger partial charge on any atom is -0.352 e. The molecule has 0 aliphatic rings. The first-order valence-electron chi connectivity index (χ1n) is 12.5. The zero-order valence-corrected chi connectivity index (χ0v) is 23.5. The smallest absolute Gasteiger partial charge is 0.242 e. The first kappa shape index (κ1) is 29.4. The molecule has 198 valence electrons. The molecule has 2 aromatic rings. The third-order valence-corrected chi connectivity index (χ3v) is 7.48. The second-order valence-electron chi connectivity index (χ2n) is 9.79. The van der Waals surface area contributed by atoms with Crippen molar-refractivity contribution in [3.63, 3.8) is 0 Å². The summed E-state index contributed by atoms with van der Waals surface area (Å²) in [5.74, 6) is -0.380. The average Bonchev–Trinajstić information content (AvgIpc) is 2.79. The Labute approximate surface area is 216 Å². The van der Waals surface area contributed by atoms with Crippen LogP contribution in [0.2, 0.25) is 0 Å². The average molecular weight is 516 g/mol. The van der Waals surface area contributed by atoms with Crippen molar-refractivity contribution in [3.8, 4) is 0 Å². The van der Waals surface area contributed by atoms with Crippen LogP contribution in [0.15, 0.2) is 42.5 Å². The second kappa shape index (κ2) is 12.9. The summed E-state index contributed by atoms with van der Waals surface area (Å²) in [6.07, 6.45) is 2.44. The Kier molecular flexibility index (Phi) is 10.5. The molecular formula is C28H41N3O4S. The quantitative estimate of drug-likeness (QED) is 0.451. The molecule has 0 fully saturated rings. The summed E-state index contributed by atoms with van der Waals surface area (Å²) in [4.78, 5) is 27.8. The molecule has 0 saturated carbocycles. The lowest BCUT2D eigenvalue weighted by molar-refractivity contribution is -0.140. The van der Waals surface area contributed by atoms with Crippen LogP contribution in [0, 0.1) is 20.8 Å². The number of sulfonamides is 1. The highest BCUT2D eigenvalue weighted by molar-refractivity contribution is 7.92. The van der Waals surface area contributed by atoms with Gasteiger partial charge in [0.25, 0.3) is 0 Å². The van der Waals surface area contributed by atoms with E-state index in [1.54, 1.807) is 11.8 Å². The van der Waals surface area contributed by atoms with Crippen LogP contribution < -0.4 is 9.62 Å². The molecule has 0 aromatic heterocycles. The molecule has 0 aliphatic carbocycles. The third kappa shape index (κ3) is 8.66. The standard InChI is InChI=1S/C28H41N3O4S/c1-8-23(5)29-28(33)24(6)30(19-25-13-11-20(2)12-14-25)27(32)10-9-15-31(36(7,34)35)26-17-21(3)16-22(4)18-26/h11-14,16-18,23-24H,8-10,15,19H2,1-7H3,(H,29,33). The van der Waals surface area contributed by atoms with Gasteiger partial charge in [0.2, 0.25) is 21.8 Å². The summed E-state index contributed by atoms with van der Waals surface area (Å²) >= 11 is 0. The highest BCUT2D eigenvalue weighted by atomic mass is 32.2. The lowest BCUT2D eigenvalue weighted by atomic mass is 10.1. The molecule has 2 amide bonds. The minimum atomic E-state index is -3.52. The fourth-order valence-electron chi connectivity index (χ4n) is 4.04. The number of hydrogen-bond acceptors (Lipinski definition) is 4. The van der Waals surface area contributed by atoms with E-state index in [2.05, 4.69) is 5.32 Å². The highest BCUT2D eigenvalue weighted by Crippen LogP contribution is 2.22. The number of nitrogens with one attached hydrogen (secondary N) is 1. The molecule has 7 nitrogen and oxygen atoms in total. The van der Waals surface area contributed by atoms with Crippen molar-refractivity contribution in [1.29, 1.82) is 0 Å². The predicted octanol–water partition coefficient (Wildman–Crippen LogP) is 4.49. The van der Waals surface area contributed by atoms with E-state index in [0.29, 0.717) is 18.7 Å². The van der Waals surface area contributed by atoms with Crippen molar-refractivity contribution < 1.29 is 18.0 Å². The molecule has 0 spiro atoms. The molecule has 8 heteroatoms. The second-order valence-corrected chi connectivity index (χ2v) is 11.7. The number of hydrogen-bond donors (Lipinski definition) is 1. The van der Waals surface area contributed by atoms with Gasteiger partial charge < -0.3 is 10.2 Å². The van der Waals surface area contributed by atoms with Gasteiger partial charge in [0.15, 0.2) is 0 Å². The number of carbonyl (C=O) groups is 2. The lowest BCUT2D eigenvalue weighted by Crippen LogP contribution is -2.49. The van der Waals surface area contributed by atoms with Gasteiger partial charge in [-0.1, -0.05) is 42.8 Å². The summed E-state index contributed by atoms with van der Waals surface area (Å²) in [6, 6.07) is 12.9. The fraction of sp³-hybridized carbons (Fsp3) is 0.500. The Balaban J connectivity index is 2.19. The van der Waals surface area contributed by atoms with Gasteiger partial charge in [-0.15, -0.1) is 0 Å². The molecule has 0 heterocycles. The van der Waals surface area contributed by atoms with Gasteiger partial charge in [0.05, 0.1) is 11.9 Å². The molecule has 2 rings (SSSR count). The van der Waals surface area contributed by atoms with Crippen LogP contribution in [0.3, 0.4) is 0 Å². The Morgan fingerprint density at radius 2 is 1.53 bits per heavy atom. The summed E-state index contributed by atoms with van der Waals surface area (Å²) in [5, 5.41) is 2.97. The number of benzene rings is 2. The van der Waals surface area contributed by atoms with Crippen molar-refractivity contribution >= 4 is 27.5 Å². The number of nitrogens with zero attached hydrogens (tertiary/aromatic N) is 2. The number of anilines is 1. The van der Waals surface area contributed by atoms with Gasteiger partial charge >= 0.3 is 0 Å². The molecule has 0 aliphatic heterocycles. The van der Waals surface area contributed by atoms with Gasteiger partial charge in [0.1, 0.15) is 6.04 Å². The number of carbonyl (C=O) groups excluding carboxylic acids is 2. The summed E-state index contributed by atoms with van der Waals surface area (Å²) in [6.45, 7) is 12.0. The van der Waals surface area contributed by atoms with Gasteiger partial charge in [-0.3, -0.25) is 13.9 Å². The number of rotatable bonds is 12. The summed E-state index contributed by atoms with van der Waals surface area (Å²) < 4.78 is 26.4. The molecule has 2 aromatic carbocycles. The summed E-state index contributed by atoms with van der Waals surface area (Å²) in [5.41, 5.74) is 4.59. The van der Waals surface area contributed by atoms with Crippen molar-refractivity contribution in [2.45, 2.75) is 79.4 Å². The van der Waals surface area contributed by atoms with E-state index in [1.165, 1.54) is 10.6 Å². The van der Waals surface area contributed by atoms with Gasteiger partial charge in [-0.25, -0.2) is 8.42 Å². The molecule has 2 unspecified atom stereocenters. The van der Waals surface area contributed by atoms with E-state index in [9.17, 15) is 18.0 Å². The van der Waals surface area contributed by atoms with Crippen LogP contribution in [0.1, 0.15) is 62.3 Å². The van der Waals surface area contributed by atoms with Crippen LogP contribution in [0.5, 0.6) is 0 Å². The molecule has 2 atom stereocenters. The predicted molar refractivity (Wildman–Crippen MR) is 146 cm³/mol. The van der Waals surface area contributed by atoms with E-state index in [-0.39, 0.29) is 30.8 Å². The Bertz CT molecular complexity index is 1130. The van der Waals surface area contributed by atoms with Crippen molar-refractivity contribution in [2.75, 3.05) is 17.1 Å². The zero-order chi connectivity index (χ0) is 27.0. The topological polar surface area (TPSA) is 86.8 Å². The first-order chi connectivity index (χ1) is 16.8. The van der Waals surface area contributed by atoms with Gasteiger partial charge in [0, 0.05) is 25.6 Å². The van der Waals surface area contributed by atoms with Crippen LogP contribution in [0.4, 0.5) is 5.69 Å². The highest BCUT2D eigenvalue weighted by Gasteiger charge is 2.27. The summed E-state index contributed by atoms with van der Waals surface area (Å²) in [7, 11) is -3.52. The van der Waals surface area contributed by atoms with E-state index in [4.69, 9.17) is 0 Å². The maximum atomic E-state index is 13.4. The SMILES string of the molecule is CCC(C)NC(=O)C(C)N(Cc1ccc(C)cc1)C(=O)CCCN(c1cc(C)cc(C)c1)S(C)(=O)=O. The monoisotopic (exact) mass is 515 g/mol. The van der Waals surface area contributed by atoms with Crippen LogP contribution in [0.25, 0.3) is 0 Å². The van der Waals surface area contributed by atoms with E-state index >= 15 is 0 Å². The molecule has 0 radical (unpaired) electrons. The van der Waals surface area contributed by atoms with Gasteiger partial charge in [-0.2, -0.15) is 0 Å². The molecule has 1 N–H and O–H groups in total. The van der Waals surface area contributed by atoms with E-state index in [0.717, 1.165) is 28.7 Å². The van der Waals surface area contributed by atoms with Crippen molar-refractivity contribution in [1.82, 2.24) is 10.2 Å². The normalized spacial score (nSPS) is 13.1. The molecule has 0 bridgehead atoms. The van der Waals surface area contributed by atoms with E-state index in [1.807, 2.05) is 77.1 Å². The maximum Gasteiger partial charge on any atom is 0.242 e.